The third-order valence-electron chi connectivity index (χ3n) is 3.06. The molecule has 3 N–H and O–H groups in total. The fourth-order valence-electron chi connectivity index (χ4n) is 2.12. The molecule has 0 aliphatic heterocycles. The van der Waals surface area contributed by atoms with Gasteiger partial charge in [0, 0.05) is 18.4 Å². The van der Waals surface area contributed by atoms with Crippen LogP contribution < -0.4 is 11.1 Å². The summed E-state index contributed by atoms with van der Waals surface area (Å²) in [5, 5.41) is 3.09. The zero-order valence-electron chi connectivity index (χ0n) is 10.4. The molecule has 0 bridgehead atoms. The zero-order valence-corrected chi connectivity index (χ0v) is 12.8. The van der Waals surface area contributed by atoms with Gasteiger partial charge in [-0.25, -0.2) is 9.98 Å². The Morgan fingerprint density at radius 1 is 1.53 bits per heavy atom. The molecule has 0 radical (unpaired) electrons. The van der Waals surface area contributed by atoms with E-state index in [1.165, 1.54) is 25.2 Å². The fourth-order valence-corrected chi connectivity index (χ4v) is 2.12. The molecule has 8 heteroatoms. The third kappa shape index (κ3) is 4.59. The van der Waals surface area contributed by atoms with Gasteiger partial charge in [0.2, 0.25) is 0 Å². The molecule has 2 rings (SSSR count). The smallest absolute Gasteiger partial charge is 0.319 e. The molecule has 108 valence electrons. The summed E-state index contributed by atoms with van der Waals surface area (Å²) in [6.07, 6.45) is 7.12. The second kappa shape index (κ2) is 7.61. The van der Waals surface area contributed by atoms with E-state index in [9.17, 15) is 8.78 Å². The summed E-state index contributed by atoms with van der Waals surface area (Å²) >= 11 is 0. The molecular formula is C11H18F2IN5. The van der Waals surface area contributed by atoms with Gasteiger partial charge in [0.1, 0.15) is 12.4 Å². The summed E-state index contributed by atoms with van der Waals surface area (Å²) in [6, 6.07) is 0.364. The van der Waals surface area contributed by atoms with Crippen molar-refractivity contribution in [2.45, 2.75) is 44.8 Å². The first-order valence-corrected chi connectivity index (χ1v) is 6.03. The van der Waals surface area contributed by atoms with Crippen LogP contribution in [0.3, 0.4) is 0 Å². The molecular weight excluding hydrogens is 367 g/mol. The number of halogens is 3. The lowest BCUT2D eigenvalue weighted by Crippen LogP contribution is -2.38. The van der Waals surface area contributed by atoms with Crippen molar-refractivity contribution in [1.29, 1.82) is 0 Å². The van der Waals surface area contributed by atoms with Crippen molar-refractivity contribution in [3.05, 3.63) is 18.2 Å². The van der Waals surface area contributed by atoms with Crippen LogP contribution in [-0.2, 0) is 6.54 Å². The lowest BCUT2D eigenvalue weighted by molar-refractivity contribution is 0.0671. The van der Waals surface area contributed by atoms with Crippen molar-refractivity contribution in [3.8, 4) is 0 Å². The van der Waals surface area contributed by atoms with Crippen molar-refractivity contribution in [2.24, 2.45) is 10.7 Å². The summed E-state index contributed by atoms with van der Waals surface area (Å²) in [5.74, 6) is 0.506. The van der Waals surface area contributed by atoms with E-state index in [4.69, 9.17) is 5.73 Å². The van der Waals surface area contributed by atoms with Crippen molar-refractivity contribution < 1.29 is 8.78 Å². The number of nitrogens with two attached hydrogens (primary N) is 1. The van der Waals surface area contributed by atoms with Gasteiger partial charge in [-0.1, -0.05) is 12.8 Å². The van der Waals surface area contributed by atoms with Gasteiger partial charge in [-0.2, -0.15) is 8.78 Å². The average Bonchev–Trinajstić information content (AvgIpc) is 2.96. The number of rotatable bonds is 4. The second-order valence-electron chi connectivity index (χ2n) is 4.36. The quantitative estimate of drug-likeness (QED) is 0.475. The topological polar surface area (TPSA) is 68.2 Å². The van der Waals surface area contributed by atoms with E-state index >= 15 is 0 Å². The summed E-state index contributed by atoms with van der Waals surface area (Å²) in [5.41, 5.74) is 5.71. The number of nitrogens with one attached hydrogen (secondary N) is 1. The largest absolute Gasteiger partial charge is 0.370 e. The van der Waals surface area contributed by atoms with Gasteiger partial charge in [-0.3, -0.25) is 4.57 Å². The minimum Gasteiger partial charge on any atom is -0.370 e. The molecule has 1 aromatic heterocycles. The van der Waals surface area contributed by atoms with E-state index in [2.05, 4.69) is 15.3 Å². The van der Waals surface area contributed by atoms with Gasteiger partial charge in [-0.05, 0) is 12.8 Å². The molecule has 0 atom stereocenters. The standard InChI is InChI=1S/C11H17F2N5.HI/c12-10(13)18-6-5-15-9(18)7-16-11(14)17-8-3-1-2-4-8;/h5-6,8,10H,1-4,7H2,(H3,14,16,17);1H. The van der Waals surface area contributed by atoms with Crippen LogP contribution in [0.1, 0.15) is 38.1 Å². The molecule has 1 saturated carbocycles. The lowest BCUT2D eigenvalue weighted by Gasteiger charge is -2.12. The van der Waals surface area contributed by atoms with E-state index in [-0.39, 0.29) is 36.3 Å². The molecule has 0 aromatic carbocycles. The van der Waals surface area contributed by atoms with Gasteiger partial charge in [-0.15, -0.1) is 24.0 Å². The Morgan fingerprint density at radius 2 is 2.21 bits per heavy atom. The highest BCUT2D eigenvalue weighted by Crippen LogP contribution is 2.17. The van der Waals surface area contributed by atoms with Crippen LogP contribution in [0.15, 0.2) is 17.4 Å². The Kier molecular flexibility index (Phi) is 6.46. The van der Waals surface area contributed by atoms with Gasteiger partial charge in [0.25, 0.3) is 0 Å². The Bertz CT molecular complexity index is 415. The fraction of sp³-hybridized carbons (Fsp3) is 0.636. The van der Waals surface area contributed by atoms with Gasteiger partial charge in [0.05, 0.1) is 0 Å². The number of aromatic nitrogens is 2. The number of alkyl halides is 2. The van der Waals surface area contributed by atoms with Crippen LogP contribution in [-0.4, -0.2) is 21.6 Å². The second-order valence-corrected chi connectivity index (χ2v) is 4.36. The zero-order chi connectivity index (χ0) is 13.0. The first kappa shape index (κ1) is 16.1. The normalized spacial score (nSPS) is 16.7. The van der Waals surface area contributed by atoms with E-state index in [0.717, 1.165) is 17.4 Å². The molecule has 1 aliphatic carbocycles. The predicted octanol–water partition coefficient (Wildman–Crippen LogP) is 2.24. The summed E-state index contributed by atoms with van der Waals surface area (Å²) in [4.78, 5) is 7.87. The molecule has 1 aliphatic rings. The minimum absolute atomic E-state index is 0. The highest BCUT2D eigenvalue weighted by atomic mass is 127. The highest BCUT2D eigenvalue weighted by molar-refractivity contribution is 14.0. The molecule has 5 nitrogen and oxygen atoms in total. The van der Waals surface area contributed by atoms with Crippen LogP contribution in [0, 0.1) is 0 Å². The summed E-state index contributed by atoms with van der Waals surface area (Å²) in [7, 11) is 0. The maximum atomic E-state index is 12.5. The van der Waals surface area contributed by atoms with Crippen LogP contribution in [0.25, 0.3) is 0 Å². The van der Waals surface area contributed by atoms with Crippen LogP contribution in [0.5, 0.6) is 0 Å². The summed E-state index contributed by atoms with van der Waals surface area (Å²) in [6.45, 7) is -2.54. The van der Waals surface area contributed by atoms with Gasteiger partial charge >= 0.3 is 6.55 Å². The molecule has 1 heterocycles. The Morgan fingerprint density at radius 3 is 2.84 bits per heavy atom. The number of hydrogen-bond acceptors (Lipinski definition) is 2. The first-order valence-electron chi connectivity index (χ1n) is 6.03. The third-order valence-corrected chi connectivity index (χ3v) is 3.06. The number of nitrogens with zero attached hydrogens (tertiary/aromatic N) is 3. The molecule has 0 saturated heterocycles. The molecule has 19 heavy (non-hydrogen) atoms. The van der Waals surface area contributed by atoms with Crippen molar-refractivity contribution in [1.82, 2.24) is 14.9 Å². The number of aliphatic imine (C=N–C) groups is 1. The van der Waals surface area contributed by atoms with Crippen LogP contribution in [0.4, 0.5) is 8.78 Å². The Balaban J connectivity index is 0.00000180. The number of imidazole rings is 1. The molecule has 0 unspecified atom stereocenters. The Hall–Kier alpha value is -0.930. The van der Waals surface area contributed by atoms with Gasteiger partial charge < -0.3 is 11.1 Å². The van der Waals surface area contributed by atoms with E-state index in [1.54, 1.807) is 0 Å². The maximum Gasteiger partial charge on any atom is 0.319 e. The molecule has 0 amide bonds. The Labute approximate surface area is 127 Å². The van der Waals surface area contributed by atoms with E-state index in [0.29, 0.717) is 12.0 Å². The highest BCUT2D eigenvalue weighted by Gasteiger charge is 2.15. The molecule has 1 fully saturated rings. The van der Waals surface area contributed by atoms with Crippen molar-refractivity contribution >= 4 is 29.9 Å². The van der Waals surface area contributed by atoms with E-state index < -0.39 is 6.55 Å². The molecule has 0 spiro atoms. The van der Waals surface area contributed by atoms with Crippen molar-refractivity contribution in [2.75, 3.05) is 0 Å². The van der Waals surface area contributed by atoms with Crippen molar-refractivity contribution in [3.63, 3.8) is 0 Å². The minimum atomic E-state index is -2.60. The lowest BCUT2D eigenvalue weighted by atomic mass is 10.2. The van der Waals surface area contributed by atoms with Crippen LogP contribution >= 0.6 is 24.0 Å². The number of hydrogen-bond donors (Lipinski definition) is 2. The van der Waals surface area contributed by atoms with E-state index in [1.807, 2.05) is 0 Å². The van der Waals surface area contributed by atoms with Crippen LogP contribution in [0.2, 0.25) is 0 Å². The predicted molar refractivity (Wildman–Crippen MR) is 79.6 cm³/mol. The average molecular weight is 385 g/mol. The number of guanidine groups is 1. The monoisotopic (exact) mass is 385 g/mol. The maximum absolute atomic E-state index is 12.5. The first-order chi connectivity index (χ1) is 8.66. The molecule has 1 aromatic rings. The summed E-state index contributed by atoms with van der Waals surface area (Å²) < 4.78 is 25.9. The van der Waals surface area contributed by atoms with Gasteiger partial charge in [0.15, 0.2) is 5.96 Å². The SMILES string of the molecule is I.NC(=NCc1nccn1C(F)F)NC1CCCC1.